The van der Waals surface area contributed by atoms with Crippen molar-refractivity contribution in [1.29, 1.82) is 0 Å². The fraction of sp³-hybridized carbons (Fsp3) is 0.696. The van der Waals surface area contributed by atoms with E-state index < -0.39 is 78.6 Å². The molecule has 0 radical (unpaired) electrons. The lowest BCUT2D eigenvalue weighted by atomic mass is 9.98. The van der Waals surface area contributed by atoms with Gasteiger partial charge in [0.25, 0.3) is 11.8 Å². The molecule has 0 aromatic rings. The summed E-state index contributed by atoms with van der Waals surface area (Å²) < 4.78 is 10.5. The van der Waals surface area contributed by atoms with Crippen LogP contribution in [-0.2, 0) is 38.2 Å². The monoisotopic (exact) mass is 573 g/mol. The van der Waals surface area contributed by atoms with Crippen molar-refractivity contribution < 1.29 is 48.1 Å². The van der Waals surface area contributed by atoms with E-state index in [-0.39, 0.29) is 45.6 Å². The van der Waals surface area contributed by atoms with Crippen LogP contribution in [0.15, 0.2) is 0 Å². The largest absolute Gasteiger partial charge is 0.481 e. The molecule has 0 bridgehead atoms. The molecule has 0 aromatic heterocycles. The van der Waals surface area contributed by atoms with Crippen molar-refractivity contribution in [3.63, 3.8) is 0 Å². The predicted molar refractivity (Wildman–Crippen MR) is 137 cm³/mol. The highest BCUT2D eigenvalue weighted by molar-refractivity contribution is 5.93. The summed E-state index contributed by atoms with van der Waals surface area (Å²) >= 11 is 0. The highest BCUT2D eigenvalue weighted by Crippen LogP contribution is 2.08. The van der Waals surface area contributed by atoms with Gasteiger partial charge in [-0.05, 0) is 18.8 Å². The summed E-state index contributed by atoms with van der Waals surface area (Å²) in [4.78, 5) is 85.4. The zero-order valence-corrected chi connectivity index (χ0v) is 22.6. The first-order valence-corrected chi connectivity index (χ1v) is 12.8. The highest BCUT2D eigenvalue weighted by Gasteiger charge is 2.30. The van der Waals surface area contributed by atoms with Crippen LogP contribution in [-0.4, -0.2) is 97.7 Å². The summed E-state index contributed by atoms with van der Waals surface area (Å²) in [5.74, 6) is -5.30. The van der Waals surface area contributed by atoms with Gasteiger partial charge in [-0.25, -0.2) is 4.79 Å². The number of primary amides is 1. The Morgan fingerprint density at radius 1 is 0.900 bits per heavy atom. The maximum atomic E-state index is 12.9. The van der Waals surface area contributed by atoms with Crippen molar-refractivity contribution in [2.75, 3.05) is 33.0 Å². The van der Waals surface area contributed by atoms with Crippen molar-refractivity contribution in [3.05, 3.63) is 0 Å². The minimum Gasteiger partial charge on any atom is -0.481 e. The minimum atomic E-state index is -1.24. The maximum absolute atomic E-state index is 12.9. The Hall–Kier alpha value is -3.99. The Morgan fingerprint density at radius 2 is 1.52 bits per heavy atom. The first-order valence-electron chi connectivity index (χ1n) is 12.8. The van der Waals surface area contributed by atoms with Crippen LogP contribution in [0.5, 0.6) is 0 Å². The summed E-state index contributed by atoms with van der Waals surface area (Å²) in [6.07, 6.45) is -0.564. The molecule has 40 heavy (non-hydrogen) atoms. The van der Waals surface area contributed by atoms with E-state index in [9.17, 15) is 33.6 Å². The number of carbonyl (C=O) groups excluding carboxylic acids is 6. The van der Waals surface area contributed by atoms with E-state index in [0.29, 0.717) is 6.42 Å². The summed E-state index contributed by atoms with van der Waals surface area (Å²) in [5.41, 5.74) is 9.51. The molecule has 1 aliphatic rings. The van der Waals surface area contributed by atoms with Gasteiger partial charge in [-0.2, -0.15) is 0 Å². The number of nitrogens with two attached hydrogens (primary N) is 1. The number of hydrogen-bond acceptors (Lipinski definition) is 9. The van der Waals surface area contributed by atoms with Gasteiger partial charge in [0.1, 0.15) is 24.7 Å². The van der Waals surface area contributed by atoms with E-state index in [0.717, 1.165) is 0 Å². The van der Waals surface area contributed by atoms with Crippen molar-refractivity contribution in [2.45, 2.75) is 64.1 Å². The van der Waals surface area contributed by atoms with Crippen molar-refractivity contribution in [3.8, 4) is 0 Å². The Balaban J connectivity index is 3.10. The number of hydrogen-bond donors (Lipinski definition) is 8. The second-order valence-electron chi connectivity index (χ2n) is 9.03. The second kappa shape index (κ2) is 18.3. The van der Waals surface area contributed by atoms with Gasteiger partial charge < -0.3 is 41.6 Å². The SMILES string of the molecule is CCC(C)[C@@H]1NC(=O)N[C@@H](CCC(=O)O)C(=O)NCCOCCOCC(=O)N[C@@H](CCC(N)=O)C(=O)NNC1=O. The number of hydrazine groups is 1. The average molecular weight is 574 g/mol. The number of amides is 7. The molecule has 17 heteroatoms. The Labute approximate surface area is 231 Å². The topological polar surface area (TPSA) is 256 Å². The molecule has 1 aliphatic heterocycles. The summed E-state index contributed by atoms with van der Waals surface area (Å²) in [6, 6.07) is -4.55. The highest BCUT2D eigenvalue weighted by atomic mass is 16.5. The van der Waals surface area contributed by atoms with Crippen molar-refractivity contribution in [2.24, 2.45) is 11.7 Å². The smallest absolute Gasteiger partial charge is 0.316 e. The fourth-order valence-electron chi connectivity index (χ4n) is 3.41. The number of carbonyl (C=O) groups is 7. The van der Waals surface area contributed by atoms with Gasteiger partial charge in [-0.3, -0.25) is 39.6 Å². The van der Waals surface area contributed by atoms with Crippen molar-refractivity contribution >= 4 is 41.5 Å². The van der Waals surface area contributed by atoms with Crippen LogP contribution in [0.4, 0.5) is 4.79 Å². The van der Waals surface area contributed by atoms with Gasteiger partial charge in [0, 0.05) is 19.4 Å². The van der Waals surface area contributed by atoms with E-state index in [4.69, 9.17) is 20.3 Å². The Bertz CT molecular complexity index is 916. The molecule has 1 unspecified atom stereocenters. The molecular formula is C23H39N7O10. The number of carboxylic acids is 1. The molecular weight excluding hydrogens is 534 g/mol. The Kier molecular flexibility index (Phi) is 15.6. The molecule has 1 fully saturated rings. The summed E-state index contributed by atoms with van der Waals surface area (Å²) in [5, 5.41) is 18.8. The van der Waals surface area contributed by atoms with Gasteiger partial charge >= 0.3 is 12.0 Å². The minimum absolute atomic E-state index is 0.00946. The van der Waals surface area contributed by atoms with Crippen LogP contribution in [0.1, 0.15) is 46.0 Å². The van der Waals surface area contributed by atoms with E-state index >= 15 is 0 Å². The lowest BCUT2D eigenvalue weighted by Crippen LogP contribution is -2.60. The van der Waals surface area contributed by atoms with Crippen LogP contribution in [0.3, 0.4) is 0 Å². The Morgan fingerprint density at radius 3 is 2.17 bits per heavy atom. The van der Waals surface area contributed by atoms with Crippen LogP contribution < -0.4 is 37.9 Å². The van der Waals surface area contributed by atoms with Crippen LogP contribution >= 0.6 is 0 Å². The molecule has 226 valence electrons. The van der Waals surface area contributed by atoms with Crippen LogP contribution in [0.2, 0.25) is 0 Å². The number of nitrogens with one attached hydrogen (secondary N) is 6. The van der Waals surface area contributed by atoms with Gasteiger partial charge in [0.15, 0.2) is 0 Å². The molecule has 1 saturated heterocycles. The molecule has 7 amide bonds. The second-order valence-corrected chi connectivity index (χ2v) is 9.03. The third kappa shape index (κ3) is 13.7. The van der Waals surface area contributed by atoms with Gasteiger partial charge in [0.2, 0.25) is 17.7 Å². The molecule has 0 saturated carbocycles. The lowest BCUT2D eigenvalue weighted by Gasteiger charge is -2.26. The molecule has 9 N–H and O–H groups in total. The molecule has 17 nitrogen and oxygen atoms in total. The number of ether oxygens (including phenoxy) is 2. The lowest BCUT2D eigenvalue weighted by molar-refractivity contribution is -0.137. The standard InChI is InChI=1S/C23H39N7O10/c1-3-13(2)19-22(37)30-29-21(36)15(4-6-16(24)31)26-17(32)12-40-11-10-39-9-8-25-20(35)14(5-7-18(33)34)27-23(38)28-19/h13-15,19H,3-12H2,1-2H3,(H2,24,31)(H,25,35)(H,26,32)(H,29,36)(H,30,37)(H,33,34)(H2,27,28,38)/t13?,14-,15-,19-/m0/s1. The van der Waals surface area contributed by atoms with Gasteiger partial charge in [-0.1, -0.05) is 20.3 Å². The molecule has 0 spiro atoms. The zero-order valence-electron chi connectivity index (χ0n) is 22.6. The number of urea groups is 1. The number of carboxylic acid groups (broad SMARTS) is 1. The summed E-state index contributed by atoms with van der Waals surface area (Å²) in [7, 11) is 0. The van der Waals surface area contributed by atoms with Crippen molar-refractivity contribution in [1.82, 2.24) is 32.1 Å². The van der Waals surface area contributed by atoms with Gasteiger partial charge in [0.05, 0.1) is 19.8 Å². The van der Waals surface area contributed by atoms with Crippen LogP contribution in [0.25, 0.3) is 0 Å². The fourth-order valence-corrected chi connectivity index (χ4v) is 3.41. The van der Waals surface area contributed by atoms with E-state index in [1.807, 2.05) is 0 Å². The third-order valence-corrected chi connectivity index (χ3v) is 5.84. The quantitative estimate of drug-likeness (QED) is 0.146. The first-order chi connectivity index (χ1) is 18.9. The van der Waals surface area contributed by atoms with E-state index in [1.54, 1.807) is 13.8 Å². The average Bonchev–Trinajstić information content (AvgIpc) is 2.90. The van der Waals surface area contributed by atoms with E-state index in [1.165, 1.54) is 0 Å². The molecule has 0 aliphatic carbocycles. The zero-order chi connectivity index (χ0) is 30.1. The number of rotatable bonds is 8. The molecule has 0 aromatic carbocycles. The summed E-state index contributed by atoms with van der Waals surface area (Å²) in [6.45, 7) is 3.18. The van der Waals surface area contributed by atoms with Crippen LogP contribution in [0, 0.1) is 5.92 Å². The molecule has 4 atom stereocenters. The predicted octanol–water partition coefficient (Wildman–Crippen LogP) is -3.01. The maximum Gasteiger partial charge on any atom is 0.316 e. The third-order valence-electron chi connectivity index (χ3n) is 5.84. The number of aliphatic carboxylic acids is 1. The van der Waals surface area contributed by atoms with E-state index in [2.05, 4.69) is 32.1 Å². The van der Waals surface area contributed by atoms with Gasteiger partial charge in [-0.15, -0.1) is 0 Å². The molecule has 1 heterocycles. The normalized spacial score (nSPS) is 23.6. The molecule has 1 rings (SSSR count). The first kappa shape index (κ1) is 34.0.